The highest BCUT2D eigenvalue weighted by atomic mass is 35.5. The summed E-state index contributed by atoms with van der Waals surface area (Å²) in [6.45, 7) is 3.55. The lowest BCUT2D eigenvalue weighted by molar-refractivity contribution is 0.136. The molecule has 10 nitrogen and oxygen atoms in total. The van der Waals surface area contributed by atoms with Crippen molar-refractivity contribution in [2.45, 2.75) is 36.6 Å². The Morgan fingerprint density at radius 3 is 2.69 bits per heavy atom. The summed E-state index contributed by atoms with van der Waals surface area (Å²) in [7, 11) is -2.01. The van der Waals surface area contributed by atoms with Gasteiger partial charge >= 0.3 is 6.09 Å². The molecule has 1 aromatic heterocycles. The zero-order valence-corrected chi connectivity index (χ0v) is 21.5. The molecule has 0 saturated carbocycles. The minimum atomic E-state index is -3.53. The maximum Gasteiger partial charge on any atom is 0.407 e. The van der Waals surface area contributed by atoms with E-state index in [2.05, 4.69) is 20.6 Å². The predicted octanol–water partition coefficient (Wildman–Crippen LogP) is 4.71. The lowest BCUT2D eigenvalue weighted by Gasteiger charge is -2.34. The van der Waals surface area contributed by atoms with Crippen LogP contribution in [0.4, 0.5) is 22.2 Å². The maximum absolute atomic E-state index is 12.8. The number of para-hydroxylation sites is 1. The van der Waals surface area contributed by atoms with Crippen molar-refractivity contribution in [3.05, 3.63) is 64.8 Å². The first kappa shape index (κ1) is 25.5. The van der Waals surface area contributed by atoms with Crippen LogP contribution in [0.1, 0.15) is 31.0 Å². The number of carboxylic acid groups (broad SMARTS) is 1. The van der Waals surface area contributed by atoms with Gasteiger partial charge in [0.2, 0.25) is 5.95 Å². The zero-order valence-electron chi connectivity index (χ0n) is 19.9. The van der Waals surface area contributed by atoms with E-state index in [1.807, 2.05) is 0 Å². The van der Waals surface area contributed by atoms with Gasteiger partial charge in [-0.25, -0.2) is 18.2 Å². The van der Waals surface area contributed by atoms with Gasteiger partial charge in [0, 0.05) is 29.9 Å². The summed E-state index contributed by atoms with van der Waals surface area (Å²) in [6.07, 6.45) is 0.455. The average Bonchev–Trinajstić information content (AvgIpc) is 2.83. The van der Waals surface area contributed by atoms with Gasteiger partial charge in [0.15, 0.2) is 9.84 Å². The molecule has 12 heteroatoms. The van der Waals surface area contributed by atoms with Crippen molar-refractivity contribution in [1.82, 2.24) is 14.9 Å². The van der Waals surface area contributed by atoms with Gasteiger partial charge in [-0.3, -0.25) is 0 Å². The monoisotopic (exact) mass is 531 g/mol. The second kappa shape index (κ2) is 10.2. The normalized spacial score (nSPS) is 15.4. The molecule has 1 aliphatic rings. The Bertz CT molecular complexity index is 1400. The molecule has 0 aliphatic carbocycles. The Balaban J connectivity index is 1.64. The second-order valence-corrected chi connectivity index (χ2v) is 11.4. The minimum absolute atomic E-state index is 0.130. The summed E-state index contributed by atoms with van der Waals surface area (Å²) in [5, 5.41) is 15.7. The average molecular weight is 532 g/mol. The van der Waals surface area contributed by atoms with E-state index >= 15 is 0 Å². The highest BCUT2D eigenvalue weighted by Crippen LogP contribution is 2.37. The van der Waals surface area contributed by atoms with Crippen molar-refractivity contribution in [1.29, 1.82) is 0 Å². The van der Waals surface area contributed by atoms with Crippen LogP contribution >= 0.6 is 11.6 Å². The van der Waals surface area contributed by atoms with Crippen molar-refractivity contribution < 1.29 is 23.1 Å². The number of amides is 1. The molecule has 1 amide bonds. The van der Waals surface area contributed by atoms with Gasteiger partial charge in [-0.1, -0.05) is 23.7 Å². The van der Waals surface area contributed by atoms with Gasteiger partial charge in [-0.15, -0.1) is 0 Å². The molecule has 1 atom stereocenters. The predicted molar refractivity (Wildman–Crippen MR) is 137 cm³/mol. The number of benzene rings is 2. The number of rotatable bonds is 7. The van der Waals surface area contributed by atoms with Crippen LogP contribution in [-0.2, 0) is 16.4 Å². The van der Waals surface area contributed by atoms with Crippen LogP contribution in [0.15, 0.2) is 53.6 Å². The number of methoxy groups -OCH3 is 1. The van der Waals surface area contributed by atoms with E-state index in [4.69, 9.17) is 16.3 Å². The van der Waals surface area contributed by atoms with Crippen LogP contribution in [0.5, 0.6) is 5.75 Å². The van der Waals surface area contributed by atoms with Crippen LogP contribution in [0, 0.1) is 0 Å². The van der Waals surface area contributed by atoms with Crippen molar-refractivity contribution in [2.24, 2.45) is 0 Å². The van der Waals surface area contributed by atoms with Crippen LogP contribution < -0.4 is 15.4 Å². The number of sulfone groups is 1. The number of nitrogens with one attached hydrogen (secondary N) is 2. The molecule has 36 heavy (non-hydrogen) atoms. The van der Waals surface area contributed by atoms with E-state index in [9.17, 15) is 18.3 Å². The fourth-order valence-corrected chi connectivity index (χ4v) is 5.56. The molecule has 1 aliphatic heterocycles. The first-order chi connectivity index (χ1) is 17.1. The molecule has 0 bridgehead atoms. The molecule has 3 N–H and O–H groups in total. The molecule has 0 fully saturated rings. The Kier molecular flexibility index (Phi) is 7.23. The van der Waals surface area contributed by atoms with Gasteiger partial charge in [-0.05, 0) is 49.7 Å². The number of hydrogen-bond donors (Lipinski definition) is 3. The van der Waals surface area contributed by atoms with E-state index in [0.717, 1.165) is 5.56 Å². The smallest absolute Gasteiger partial charge is 0.407 e. The molecule has 0 saturated heterocycles. The van der Waals surface area contributed by atoms with Crippen molar-refractivity contribution >= 4 is 45.0 Å². The fourth-order valence-electron chi connectivity index (χ4n) is 4.00. The van der Waals surface area contributed by atoms with Crippen molar-refractivity contribution in [3.8, 4) is 5.75 Å². The van der Waals surface area contributed by atoms with Gasteiger partial charge in [0.1, 0.15) is 11.6 Å². The van der Waals surface area contributed by atoms with E-state index in [0.29, 0.717) is 27.8 Å². The molecular weight excluding hydrogens is 506 g/mol. The zero-order chi connectivity index (χ0) is 26.0. The van der Waals surface area contributed by atoms with Gasteiger partial charge in [0.05, 0.1) is 29.0 Å². The summed E-state index contributed by atoms with van der Waals surface area (Å²) in [5.41, 5.74) is 1.85. The van der Waals surface area contributed by atoms with Gasteiger partial charge < -0.3 is 25.4 Å². The molecule has 3 aromatic rings. The number of hydrogen-bond acceptors (Lipinski definition) is 8. The largest absolute Gasteiger partial charge is 0.497 e. The highest BCUT2D eigenvalue weighted by Gasteiger charge is 2.31. The minimum Gasteiger partial charge on any atom is -0.497 e. The Morgan fingerprint density at radius 1 is 1.25 bits per heavy atom. The number of halogens is 1. The fraction of sp³-hybridized carbons (Fsp3) is 0.292. The molecule has 1 unspecified atom stereocenters. The molecule has 0 spiro atoms. The van der Waals surface area contributed by atoms with Crippen molar-refractivity contribution in [2.75, 3.05) is 24.3 Å². The van der Waals surface area contributed by atoms with E-state index in [1.54, 1.807) is 56.3 Å². The van der Waals surface area contributed by atoms with Gasteiger partial charge in [-0.2, -0.15) is 4.98 Å². The lowest BCUT2D eigenvalue weighted by Crippen LogP contribution is -2.40. The standard InChI is InChI=1S/C24H26ClN5O5S/c1-14(2)36(33,34)20-7-5-4-6-18(20)27-21-8-9-26-23(29-21)28-19-13-30(24(31)32)12-15-10-16(35-3)11-17(25)22(15)19/h4-11,14,19H,12-13H2,1-3H3,(H,31,32)(H2,26,27,28,29). The van der Waals surface area contributed by atoms with E-state index < -0.39 is 27.2 Å². The quantitative estimate of drug-likeness (QED) is 0.396. The molecule has 190 valence electrons. The second-order valence-electron chi connectivity index (χ2n) is 8.52. The Labute approximate surface area is 214 Å². The molecular formula is C24H26ClN5O5S. The summed E-state index contributed by atoms with van der Waals surface area (Å²) in [6, 6.07) is 11.1. The Morgan fingerprint density at radius 2 is 2.00 bits per heavy atom. The summed E-state index contributed by atoms with van der Waals surface area (Å²) < 4.78 is 30.9. The number of fused-ring (bicyclic) bond motifs is 1. The van der Waals surface area contributed by atoms with Crippen LogP contribution in [0.2, 0.25) is 5.02 Å². The Hall–Kier alpha value is -3.57. The molecule has 2 heterocycles. The first-order valence-corrected chi connectivity index (χ1v) is 13.1. The van der Waals surface area contributed by atoms with E-state index in [-0.39, 0.29) is 23.9 Å². The van der Waals surface area contributed by atoms with Gasteiger partial charge in [0.25, 0.3) is 0 Å². The molecule has 2 aromatic carbocycles. The van der Waals surface area contributed by atoms with Crippen molar-refractivity contribution in [3.63, 3.8) is 0 Å². The van der Waals surface area contributed by atoms with Crippen LogP contribution in [0.25, 0.3) is 0 Å². The summed E-state index contributed by atoms with van der Waals surface area (Å²) in [5.74, 6) is 1.12. The molecule has 4 rings (SSSR count). The number of nitrogens with zero attached hydrogens (tertiary/aromatic N) is 3. The third-order valence-electron chi connectivity index (χ3n) is 5.84. The SMILES string of the molecule is COc1cc(Cl)c2c(c1)CN(C(=O)O)CC2Nc1nccc(Nc2ccccc2S(=O)(=O)C(C)C)n1. The van der Waals surface area contributed by atoms with Crippen LogP contribution in [0.3, 0.4) is 0 Å². The lowest BCUT2D eigenvalue weighted by atomic mass is 9.95. The number of carbonyl (C=O) groups is 1. The topological polar surface area (TPSA) is 134 Å². The number of aromatic nitrogens is 2. The highest BCUT2D eigenvalue weighted by molar-refractivity contribution is 7.92. The first-order valence-electron chi connectivity index (χ1n) is 11.1. The molecule has 0 radical (unpaired) electrons. The summed E-state index contributed by atoms with van der Waals surface area (Å²) >= 11 is 6.54. The number of ether oxygens (including phenoxy) is 1. The summed E-state index contributed by atoms with van der Waals surface area (Å²) in [4.78, 5) is 21.9. The number of anilines is 3. The van der Waals surface area contributed by atoms with Crippen LogP contribution in [-0.4, -0.2) is 53.4 Å². The maximum atomic E-state index is 12.8. The third kappa shape index (κ3) is 5.17. The third-order valence-corrected chi connectivity index (χ3v) is 8.37. The van der Waals surface area contributed by atoms with E-state index in [1.165, 1.54) is 18.2 Å².